The number of carboxylic acid groups (broad SMARTS) is 1. The molecule has 0 radical (unpaired) electrons. The Morgan fingerprint density at radius 3 is 2.90 bits per heavy atom. The van der Waals surface area contributed by atoms with Gasteiger partial charge in [0.2, 0.25) is 0 Å². The molecule has 0 aromatic heterocycles. The van der Waals surface area contributed by atoms with E-state index in [1.165, 1.54) is 4.90 Å². The molecule has 0 spiro atoms. The summed E-state index contributed by atoms with van der Waals surface area (Å²) >= 11 is 0. The molecule has 1 aliphatic rings. The summed E-state index contributed by atoms with van der Waals surface area (Å²) < 4.78 is 4.95. The lowest BCUT2D eigenvalue weighted by Gasteiger charge is -2.29. The molecule has 1 atom stereocenters. The molecule has 1 unspecified atom stereocenters. The largest absolute Gasteiger partial charge is 0.466 e. The predicted octanol–water partition coefficient (Wildman–Crippen LogP) is 2.65. The lowest BCUT2D eigenvalue weighted by molar-refractivity contribution is -0.143. The van der Waals surface area contributed by atoms with Gasteiger partial charge in [0.15, 0.2) is 0 Å². The zero-order valence-corrected chi connectivity index (χ0v) is 12.3. The van der Waals surface area contributed by atoms with Gasteiger partial charge in [-0.25, -0.2) is 4.79 Å². The third-order valence-electron chi connectivity index (χ3n) is 3.54. The normalized spacial score (nSPS) is 14.9. The maximum absolute atomic E-state index is 11.5. The van der Waals surface area contributed by atoms with Crippen LogP contribution in [0.25, 0.3) is 0 Å². The molecule has 2 rings (SSSR count). The van der Waals surface area contributed by atoms with Gasteiger partial charge in [0.25, 0.3) is 0 Å². The van der Waals surface area contributed by atoms with E-state index in [1.54, 1.807) is 6.92 Å². The Morgan fingerprint density at radius 2 is 2.24 bits per heavy atom. The summed E-state index contributed by atoms with van der Waals surface area (Å²) in [5.74, 6) is -0.261. The van der Waals surface area contributed by atoms with E-state index in [4.69, 9.17) is 4.74 Å². The fourth-order valence-corrected chi connectivity index (χ4v) is 2.44. The molecule has 2 N–H and O–H groups in total. The van der Waals surface area contributed by atoms with E-state index in [0.717, 1.165) is 11.3 Å². The number of amides is 1. The van der Waals surface area contributed by atoms with Gasteiger partial charge in [-0.05, 0) is 30.5 Å². The fourth-order valence-electron chi connectivity index (χ4n) is 2.44. The second kappa shape index (κ2) is 6.47. The minimum absolute atomic E-state index is 0.0214. The Labute approximate surface area is 123 Å². The number of nitrogens with one attached hydrogen (secondary N) is 1. The van der Waals surface area contributed by atoms with Crippen LogP contribution in [0.1, 0.15) is 31.7 Å². The minimum Gasteiger partial charge on any atom is -0.466 e. The molecule has 0 bridgehead atoms. The van der Waals surface area contributed by atoms with Crippen LogP contribution in [-0.4, -0.2) is 36.9 Å². The maximum atomic E-state index is 11.5. The van der Waals surface area contributed by atoms with Crippen molar-refractivity contribution in [1.82, 2.24) is 0 Å². The number of esters is 1. The van der Waals surface area contributed by atoms with Gasteiger partial charge in [-0.3, -0.25) is 9.69 Å². The van der Waals surface area contributed by atoms with Gasteiger partial charge in [0, 0.05) is 13.1 Å². The third kappa shape index (κ3) is 3.45. The van der Waals surface area contributed by atoms with Crippen LogP contribution in [0.4, 0.5) is 16.2 Å². The zero-order valence-electron chi connectivity index (χ0n) is 12.3. The van der Waals surface area contributed by atoms with E-state index in [2.05, 4.69) is 5.32 Å². The lowest BCUT2D eigenvalue weighted by atomic mass is 9.96. The summed E-state index contributed by atoms with van der Waals surface area (Å²) in [4.78, 5) is 24.2. The lowest BCUT2D eigenvalue weighted by Crippen LogP contribution is -2.37. The van der Waals surface area contributed by atoms with E-state index < -0.39 is 6.09 Å². The highest BCUT2D eigenvalue weighted by Crippen LogP contribution is 2.33. The molecule has 1 aromatic rings. The second-order valence-corrected chi connectivity index (χ2v) is 5.05. The number of fused-ring (bicyclic) bond motifs is 1. The monoisotopic (exact) mass is 292 g/mol. The van der Waals surface area contributed by atoms with Crippen LogP contribution in [0, 0.1) is 0 Å². The predicted molar refractivity (Wildman–Crippen MR) is 80.0 cm³/mol. The summed E-state index contributed by atoms with van der Waals surface area (Å²) in [6, 6.07) is 5.61. The van der Waals surface area contributed by atoms with E-state index >= 15 is 0 Å². The summed E-state index contributed by atoms with van der Waals surface area (Å²) in [5.41, 5.74) is 2.37. The minimum atomic E-state index is -0.965. The standard InChI is InChI=1S/C15H20N2O4/c1-3-21-14(18)8-10(2)11-4-5-12-13(9-11)17(15(19)20)7-6-16-12/h4-5,9-10,16H,3,6-8H2,1-2H3,(H,19,20). The van der Waals surface area contributed by atoms with Crippen LogP contribution in [-0.2, 0) is 9.53 Å². The van der Waals surface area contributed by atoms with Crippen LogP contribution in [0.3, 0.4) is 0 Å². The smallest absolute Gasteiger partial charge is 0.411 e. The number of carbonyl (C=O) groups is 2. The third-order valence-corrected chi connectivity index (χ3v) is 3.54. The first-order valence-corrected chi connectivity index (χ1v) is 7.06. The molecule has 21 heavy (non-hydrogen) atoms. The second-order valence-electron chi connectivity index (χ2n) is 5.05. The Bertz CT molecular complexity index is 544. The molecule has 1 aromatic carbocycles. The average Bonchev–Trinajstić information content (AvgIpc) is 2.46. The molecule has 1 aliphatic heterocycles. The highest BCUT2D eigenvalue weighted by atomic mass is 16.5. The number of anilines is 2. The first-order valence-electron chi connectivity index (χ1n) is 7.06. The molecule has 0 aliphatic carbocycles. The maximum Gasteiger partial charge on any atom is 0.411 e. The van der Waals surface area contributed by atoms with E-state index in [0.29, 0.717) is 25.4 Å². The van der Waals surface area contributed by atoms with Crippen LogP contribution in [0.15, 0.2) is 18.2 Å². The zero-order chi connectivity index (χ0) is 15.4. The molecule has 0 fully saturated rings. The van der Waals surface area contributed by atoms with Crippen molar-refractivity contribution in [3.05, 3.63) is 23.8 Å². The van der Waals surface area contributed by atoms with Crippen molar-refractivity contribution >= 4 is 23.4 Å². The molecular formula is C15H20N2O4. The van der Waals surface area contributed by atoms with Gasteiger partial charge in [-0.1, -0.05) is 13.0 Å². The highest BCUT2D eigenvalue weighted by molar-refractivity contribution is 5.92. The van der Waals surface area contributed by atoms with Crippen LogP contribution in [0.5, 0.6) is 0 Å². The van der Waals surface area contributed by atoms with E-state index in [9.17, 15) is 14.7 Å². The average molecular weight is 292 g/mol. The topological polar surface area (TPSA) is 78.9 Å². The molecule has 1 heterocycles. The van der Waals surface area contributed by atoms with Crippen molar-refractivity contribution in [1.29, 1.82) is 0 Å². The Morgan fingerprint density at radius 1 is 1.48 bits per heavy atom. The Hall–Kier alpha value is -2.24. The molecule has 114 valence electrons. The fraction of sp³-hybridized carbons (Fsp3) is 0.467. The summed E-state index contributed by atoms with van der Waals surface area (Å²) in [7, 11) is 0. The number of benzene rings is 1. The Kier molecular flexibility index (Phi) is 4.67. The molecule has 0 saturated heterocycles. The highest BCUT2D eigenvalue weighted by Gasteiger charge is 2.23. The van der Waals surface area contributed by atoms with Crippen LogP contribution >= 0.6 is 0 Å². The van der Waals surface area contributed by atoms with Gasteiger partial charge in [0.05, 0.1) is 24.4 Å². The van der Waals surface area contributed by atoms with Crippen molar-refractivity contribution in [3.63, 3.8) is 0 Å². The molecule has 6 nitrogen and oxygen atoms in total. The quantitative estimate of drug-likeness (QED) is 0.834. The molecule has 6 heteroatoms. The number of rotatable bonds is 4. The molecule has 0 saturated carbocycles. The van der Waals surface area contributed by atoms with Gasteiger partial charge in [-0.2, -0.15) is 0 Å². The number of nitrogens with zero attached hydrogens (tertiary/aromatic N) is 1. The first kappa shape index (κ1) is 15.2. The van der Waals surface area contributed by atoms with Crippen molar-refractivity contribution in [2.75, 3.05) is 29.9 Å². The molecular weight excluding hydrogens is 272 g/mol. The summed E-state index contributed by atoms with van der Waals surface area (Å²) in [6.45, 7) is 5.08. The molecule has 1 amide bonds. The van der Waals surface area contributed by atoms with E-state index in [-0.39, 0.29) is 18.3 Å². The van der Waals surface area contributed by atoms with E-state index in [1.807, 2.05) is 25.1 Å². The van der Waals surface area contributed by atoms with Gasteiger partial charge >= 0.3 is 12.1 Å². The van der Waals surface area contributed by atoms with Crippen molar-refractivity contribution in [3.8, 4) is 0 Å². The number of carbonyl (C=O) groups excluding carboxylic acids is 1. The number of ether oxygens (including phenoxy) is 1. The van der Waals surface area contributed by atoms with Gasteiger partial charge in [-0.15, -0.1) is 0 Å². The van der Waals surface area contributed by atoms with Crippen LogP contribution in [0.2, 0.25) is 0 Å². The number of hydrogen-bond donors (Lipinski definition) is 2. The van der Waals surface area contributed by atoms with Crippen molar-refractivity contribution < 1.29 is 19.4 Å². The SMILES string of the molecule is CCOC(=O)CC(C)c1ccc2c(c1)N(C(=O)O)CCN2. The van der Waals surface area contributed by atoms with Gasteiger partial charge < -0.3 is 15.2 Å². The first-order chi connectivity index (χ1) is 10.0. The Balaban J connectivity index is 2.21. The van der Waals surface area contributed by atoms with Crippen molar-refractivity contribution in [2.45, 2.75) is 26.2 Å². The van der Waals surface area contributed by atoms with Gasteiger partial charge in [0.1, 0.15) is 0 Å². The van der Waals surface area contributed by atoms with Crippen LogP contribution < -0.4 is 10.2 Å². The summed E-state index contributed by atoms with van der Waals surface area (Å²) in [6.07, 6.45) is -0.680. The number of hydrogen-bond acceptors (Lipinski definition) is 4. The summed E-state index contributed by atoms with van der Waals surface area (Å²) in [5, 5.41) is 12.4. The van der Waals surface area contributed by atoms with Crippen molar-refractivity contribution in [2.24, 2.45) is 0 Å².